The fraction of sp³-hybridized carbons (Fsp3) is 0.667. The molecule has 0 aromatic heterocycles. The third-order valence-corrected chi connectivity index (χ3v) is 1.43. The van der Waals surface area contributed by atoms with Gasteiger partial charge >= 0.3 is 0 Å². The number of aliphatic imine (C=N–C) groups is 1. The quantitative estimate of drug-likeness (QED) is 0.417. The number of amidine groups is 1. The highest BCUT2D eigenvalue weighted by Gasteiger charge is 2.10. The third-order valence-electron chi connectivity index (χ3n) is 1.43. The lowest BCUT2D eigenvalue weighted by Gasteiger charge is -2.15. The van der Waals surface area contributed by atoms with Crippen molar-refractivity contribution < 1.29 is 4.58 Å². The molecule has 1 aliphatic heterocycles. The molecule has 0 saturated heterocycles. The predicted octanol–water partition coefficient (Wildman–Crippen LogP) is -0.0217. The highest BCUT2D eigenvalue weighted by Crippen LogP contribution is 1.90. The Morgan fingerprint density at radius 2 is 2.44 bits per heavy atom. The standard InChI is InChI=1S/C6H12N3/c1-6-7-4-8(2)5-9(6)3/h4H,5H2,1-3H3/q+1. The van der Waals surface area contributed by atoms with Crippen molar-refractivity contribution >= 4 is 12.2 Å². The molecule has 0 saturated carbocycles. The first-order chi connectivity index (χ1) is 4.20. The Balaban J connectivity index is 2.74. The number of nitrogens with zero attached hydrogens (tertiary/aromatic N) is 3. The van der Waals surface area contributed by atoms with Gasteiger partial charge in [-0.25, -0.2) is 4.58 Å². The first kappa shape index (κ1) is 6.26. The zero-order valence-electron chi connectivity index (χ0n) is 6.13. The number of hydrogen-bond donors (Lipinski definition) is 0. The van der Waals surface area contributed by atoms with Gasteiger partial charge in [-0.15, -0.1) is 0 Å². The molecule has 50 valence electrons. The maximum atomic E-state index is 4.14. The fourth-order valence-electron chi connectivity index (χ4n) is 0.754. The molecule has 0 aromatic rings. The minimum atomic E-state index is 0.940. The van der Waals surface area contributed by atoms with E-state index in [1.54, 1.807) is 0 Å². The van der Waals surface area contributed by atoms with Crippen molar-refractivity contribution in [2.45, 2.75) is 6.92 Å². The monoisotopic (exact) mass is 126 g/mol. The van der Waals surface area contributed by atoms with Gasteiger partial charge in [-0.1, -0.05) is 0 Å². The zero-order valence-corrected chi connectivity index (χ0v) is 6.13. The van der Waals surface area contributed by atoms with Crippen molar-refractivity contribution in [2.24, 2.45) is 4.99 Å². The molecule has 1 aliphatic rings. The largest absolute Gasteiger partial charge is 0.306 e. The maximum Gasteiger partial charge on any atom is 0.284 e. The molecule has 0 fully saturated rings. The van der Waals surface area contributed by atoms with Crippen molar-refractivity contribution in [3.8, 4) is 0 Å². The van der Waals surface area contributed by atoms with Gasteiger partial charge < -0.3 is 4.90 Å². The fourth-order valence-corrected chi connectivity index (χ4v) is 0.754. The highest BCUT2D eigenvalue weighted by molar-refractivity contribution is 5.86. The molecule has 0 aliphatic carbocycles. The van der Waals surface area contributed by atoms with Crippen molar-refractivity contribution in [2.75, 3.05) is 20.8 Å². The molecule has 9 heavy (non-hydrogen) atoms. The third kappa shape index (κ3) is 1.28. The van der Waals surface area contributed by atoms with Gasteiger partial charge in [0, 0.05) is 14.0 Å². The van der Waals surface area contributed by atoms with Gasteiger partial charge in [-0.3, -0.25) is 0 Å². The first-order valence-corrected chi connectivity index (χ1v) is 2.99. The van der Waals surface area contributed by atoms with Crippen LogP contribution in [0.1, 0.15) is 6.92 Å². The van der Waals surface area contributed by atoms with Gasteiger partial charge in [0.15, 0.2) is 6.67 Å². The SMILES string of the molecule is CC1=NC=[N+](C)CN1C. The van der Waals surface area contributed by atoms with Gasteiger partial charge in [0.1, 0.15) is 0 Å². The normalized spacial score (nSPS) is 19.2. The van der Waals surface area contributed by atoms with Crippen LogP contribution in [-0.4, -0.2) is 42.4 Å². The lowest BCUT2D eigenvalue weighted by molar-refractivity contribution is -0.512. The van der Waals surface area contributed by atoms with Gasteiger partial charge in [-0.2, -0.15) is 0 Å². The molecule has 0 bridgehead atoms. The molecule has 3 nitrogen and oxygen atoms in total. The number of hydrogen-bond acceptors (Lipinski definition) is 2. The van der Waals surface area contributed by atoms with Crippen LogP contribution in [0.3, 0.4) is 0 Å². The van der Waals surface area contributed by atoms with E-state index in [0.29, 0.717) is 0 Å². The Morgan fingerprint density at radius 3 is 2.89 bits per heavy atom. The summed E-state index contributed by atoms with van der Waals surface area (Å²) in [6, 6.07) is 0. The van der Waals surface area contributed by atoms with Crippen LogP contribution in [0, 0.1) is 0 Å². The van der Waals surface area contributed by atoms with Crippen LogP contribution in [0.15, 0.2) is 4.99 Å². The van der Waals surface area contributed by atoms with Gasteiger partial charge in [0.25, 0.3) is 6.34 Å². The van der Waals surface area contributed by atoms with E-state index in [9.17, 15) is 0 Å². The molecule has 0 N–H and O–H groups in total. The van der Waals surface area contributed by atoms with E-state index in [1.165, 1.54) is 0 Å². The Hall–Kier alpha value is -0.860. The summed E-state index contributed by atoms with van der Waals surface area (Å²) < 4.78 is 2.03. The van der Waals surface area contributed by atoms with Crippen LogP contribution < -0.4 is 0 Å². The number of rotatable bonds is 0. The van der Waals surface area contributed by atoms with Crippen molar-refractivity contribution in [1.29, 1.82) is 0 Å². The summed E-state index contributed by atoms with van der Waals surface area (Å²) in [4.78, 5) is 6.23. The second-order valence-electron chi connectivity index (χ2n) is 2.39. The molecule has 0 aromatic carbocycles. The smallest absolute Gasteiger partial charge is 0.284 e. The van der Waals surface area contributed by atoms with Crippen LogP contribution in [0.2, 0.25) is 0 Å². The van der Waals surface area contributed by atoms with Crippen molar-refractivity contribution in [1.82, 2.24) is 4.90 Å². The Bertz CT molecular complexity index is 169. The molecule has 0 atom stereocenters. The molecule has 0 radical (unpaired) electrons. The molecular weight excluding hydrogens is 114 g/mol. The van der Waals surface area contributed by atoms with E-state index in [4.69, 9.17) is 0 Å². The van der Waals surface area contributed by atoms with Crippen LogP contribution in [0.4, 0.5) is 0 Å². The second-order valence-corrected chi connectivity index (χ2v) is 2.39. The summed E-state index contributed by atoms with van der Waals surface area (Å²) in [5, 5.41) is 0. The Morgan fingerprint density at radius 1 is 1.78 bits per heavy atom. The van der Waals surface area contributed by atoms with Crippen LogP contribution >= 0.6 is 0 Å². The minimum absolute atomic E-state index is 0.940. The van der Waals surface area contributed by atoms with E-state index >= 15 is 0 Å². The first-order valence-electron chi connectivity index (χ1n) is 2.99. The summed E-state index contributed by atoms with van der Waals surface area (Å²) >= 11 is 0. The minimum Gasteiger partial charge on any atom is -0.306 e. The zero-order chi connectivity index (χ0) is 6.85. The summed E-state index contributed by atoms with van der Waals surface area (Å²) in [6.07, 6.45) is 1.84. The van der Waals surface area contributed by atoms with Gasteiger partial charge in [0.2, 0.25) is 5.84 Å². The lowest BCUT2D eigenvalue weighted by atomic mass is 10.5. The summed E-state index contributed by atoms with van der Waals surface area (Å²) in [5.74, 6) is 1.08. The average Bonchev–Trinajstić information content (AvgIpc) is 1.80. The lowest BCUT2D eigenvalue weighted by Crippen LogP contribution is -2.35. The highest BCUT2D eigenvalue weighted by atomic mass is 15.3. The molecular formula is C6H12N3+. The van der Waals surface area contributed by atoms with E-state index < -0.39 is 0 Å². The van der Waals surface area contributed by atoms with Crippen LogP contribution in [0.25, 0.3) is 0 Å². The van der Waals surface area contributed by atoms with Crippen molar-refractivity contribution in [3.05, 3.63) is 0 Å². The Labute approximate surface area is 55.3 Å². The summed E-state index contributed by atoms with van der Waals surface area (Å²) in [5.41, 5.74) is 0. The molecule has 0 amide bonds. The average molecular weight is 126 g/mol. The van der Waals surface area contributed by atoms with Gasteiger partial charge in [-0.05, 0) is 4.99 Å². The molecule has 0 spiro atoms. The summed E-state index contributed by atoms with van der Waals surface area (Å²) in [7, 11) is 4.04. The van der Waals surface area contributed by atoms with Gasteiger partial charge in [0.05, 0.1) is 7.05 Å². The Kier molecular flexibility index (Phi) is 1.51. The van der Waals surface area contributed by atoms with Crippen molar-refractivity contribution in [3.63, 3.8) is 0 Å². The maximum absolute atomic E-state index is 4.14. The molecule has 1 heterocycles. The molecule has 3 heteroatoms. The summed E-state index contributed by atoms with van der Waals surface area (Å²) in [6.45, 7) is 2.94. The van der Waals surface area contributed by atoms with E-state index in [-0.39, 0.29) is 0 Å². The predicted molar refractivity (Wildman–Crippen MR) is 38.0 cm³/mol. The van der Waals surface area contributed by atoms with E-state index in [2.05, 4.69) is 9.89 Å². The topological polar surface area (TPSA) is 18.6 Å². The van der Waals surface area contributed by atoms with Crippen LogP contribution in [0.5, 0.6) is 0 Å². The molecule has 0 unspecified atom stereocenters. The van der Waals surface area contributed by atoms with E-state index in [1.807, 2.05) is 31.9 Å². The molecule has 1 rings (SSSR count). The van der Waals surface area contributed by atoms with E-state index in [0.717, 1.165) is 12.5 Å². The van der Waals surface area contributed by atoms with Crippen LogP contribution in [-0.2, 0) is 0 Å². The second kappa shape index (κ2) is 2.17.